The Balaban J connectivity index is 2.41. The van der Waals surface area contributed by atoms with E-state index in [9.17, 15) is 26.0 Å². The molecular formula is C16H15F4NO4S. The summed E-state index contributed by atoms with van der Waals surface area (Å²) in [6, 6.07) is 7.00. The molecule has 0 unspecified atom stereocenters. The molecule has 0 saturated carbocycles. The number of nitrogens with one attached hydrogen (secondary N) is 1. The number of alkyl halides is 3. The molecule has 10 heteroatoms. The van der Waals surface area contributed by atoms with Gasteiger partial charge < -0.3 is 14.8 Å². The standard InChI is InChI=1S/C16H15F4NO4S/c1-24-13-5-3-4-10(15(13)25-2)9-21-12-7-6-11(17)8-14(12)26(22,23)16(18,19)20/h3-8,21H,9H2,1-2H3. The average molecular weight is 393 g/mol. The first-order chi connectivity index (χ1) is 12.1. The summed E-state index contributed by atoms with van der Waals surface area (Å²) < 4.78 is 85.6. The maximum absolute atomic E-state index is 13.4. The Hall–Kier alpha value is -2.49. The Bertz CT molecular complexity index is 898. The summed E-state index contributed by atoms with van der Waals surface area (Å²) in [7, 11) is -2.91. The van der Waals surface area contributed by atoms with E-state index in [2.05, 4.69) is 5.32 Å². The number of hydrogen-bond acceptors (Lipinski definition) is 5. The van der Waals surface area contributed by atoms with Gasteiger partial charge in [0, 0.05) is 12.1 Å². The van der Waals surface area contributed by atoms with Crippen molar-refractivity contribution in [2.75, 3.05) is 19.5 Å². The second-order valence-corrected chi connectivity index (χ2v) is 7.01. The molecule has 1 N–H and O–H groups in total. The molecule has 0 radical (unpaired) electrons. The summed E-state index contributed by atoms with van der Waals surface area (Å²) in [5.74, 6) is -0.365. The summed E-state index contributed by atoms with van der Waals surface area (Å²) in [6.45, 7) is -0.0770. The maximum Gasteiger partial charge on any atom is 0.501 e. The minimum atomic E-state index is -5.72. The zero-order valence-corrected chi connectivity index (χ0v) is 14.5. The van der Waals surface area contributed by atoms with E-state index in [0.717, 1.165) is 12.1 Å². The van der Waals surface area contributed by atoms with Crippen LogP contribution in [0.25, 0.3) is 0 Å². The maximum atomic E-state index is 13.4. The fourth-order valence-electron chi connectivity index (χ4n) is 2.27. The van der Waals surface area contributed by atoms with Crippen molar-refractivity contribution in [3.05, 3.63) is 47.8 Å². The Morgan fingerprint density at radius 1 is 1.08 bits per heavy atom. The normalized spacial score (nSPS) is 11.9. The molecule has 0 saturated heterocycles. The predicted octanol–water partition coefficient (Wildman–Crippen LogP) is 3.75. The van der Waals surface area contributed by atoms with Crippen LogP contribution in [0.3, 0.4) is 0 Å². The van der Waals surface area contributed by atoms with Crippen LogP contribution in [0.4, 0.5) is 23.2 Å². The Labute approximate surface area is 147 Å². The Morgan fingerprint density at radius 3 is 2.35 bits per heavy atom. The van der Waals surface area contributed by atoms with Crippen molar-refractivity contribution in [3.63, 3.8) is 0 Å². The molecule has 0 fully saturated rings. The number of anilines is 1. The minimum absolute atomic E-state index is 0.0770. The monoisotopic (exact) mass is 393 g/mol. The zero-order chi connectivity index (χ0) is 19.5. The lowest BCUT2D eigenvalue weighted by Gasteiger charge is -2.16. The van der Waals surface area contributed by atoms with Gasteiger partial charge >= 0.3 is 5.51 Å². The van der Waals surface area contributed by atoms with Crippen molar-refractivity contribution in [1.29, 1.82) is 0 Å². The highest BCUT2D eigenvalue weighted by atomic mass is 32.2. The lowest BCUT2D eigenvalue weighted by atomic mass is 10.1. The Kier molecular flexibility index (Phi) is 5.65. The number of rotatable bonds is 6. The van der Waals surface area contributed by atoms with Gasteiger partial charge in [0.15, 0.2) is 11.5 Å². The van der Waals surface area contributed by atoms with E-state index in [-0.39, 0.29) is 12.2 Å². The number of hydrogen-bond donors (Lipinski definition) is 1. The second kappa shape index (κ2) is 7.40. The Morgan fingerprint density at radius 2 is 1.77 bits per heavy atom. The number of sulfone groups is 1. The fourth-order valence-corrected chi connectivity index (χ4v) is 3.22. The molecule has 0 aliphatic rings. The molecule has 142 valence electrons. The van der Waals surface area contributed by atoms with Gasteiger partial charge in [-0.2, -0.15) is 13.2 Å². The molecule has 2 aromatic carbocycles. The highest BCUT2D eigenvalue weighted by Crippen LogP contribution is 2.36. The van der Waals surface area contributed by atoms with E-state index in [1.165, 1.54) is 14.2 Å². The highest BCUT2D eigenvalue weighted by molar-refractivity contribution is 7.92. The van der Waals surface area contributed by atoms with E-state index in [1.54, 1.807) is 18.2 Å². The average Bonchev–Trinajstić information content (AvgIpc) is 2.59. The SMILES string of the molecule is COc1cccc(CNc2ccc(F)cc2S(=O)(=O)C(F)(F)F)c1OC. The molecule has 26 heavy (non-hydrogen) atoms. The number of halogens is 4. The third-order valence-electron chi connectivity index (χ3n) is 3.49. The van der Waals surface area contributed by atoms with Crippen LogP contribution in [0.2, 0.25) is 0 Å². The van der Waals surface area contributed by atoms with Gasteiger partial charge in [0.05, 0.1) is 19.9 Å². The summed E-state index contributed by atoms with van der Waals surface area (Å²) in [6.07, 6.45) is 0. The van der Waals surface area contributed by atoms with Crippen molar-refractivity contribution < 1.29 is 35.5 Å². The quantitative estimate of drug-likeness (QED) is 0.758. The van der Waals surface area contributed by atoms with Gasteiger partial charge in [0.2, 0.25) is 0 Å². The van der Waals surface area contributed by atoms with Crippen LogP contribution in [0.15, 0.2) is 41.3 Å². The molecule has 5 nitrogen and oxygen atoms in total. The first kappa shape index (κ1) is 19.8. The molecule has 0 aliphatic heterocycles. The van der Waals surface area contributed by atoms with Gasteiger partial charge in [-0.15, -0.1) is 0 Å². The fraction of sp³-hybridized carbons (Fsp3) is 0.250. The van der Waals surface area contributed by atoms with E-state index < -0.39 is 26.1 Å². The van der Waals surface area contributed by atoms with Crippen LogP contribution in [0.1, 0.15) is 5.56 Å². The predicted molar refractivity (Wildman–Crippen MR) is 86.5 cm³/mol. The minimum Gasteiger partial charge on any atom is -0.493 e. The first-order valence-electron chi connectivity index (χ1n) is 7.16. The topological polar surface area (TPSA) is 64.6 Å². The molecule has 0 amide bonds. The smallest absolute Gasteiger partial charge is 0.493 e. The van der Waals surface area contributed by atoms with Crippen molar-refractivity contribution in [2.24, 2.45) is 0 Å². The van der Waals surface area contributed by atoms with Gasteiger partial charge in [-0.3, -0.25) is 0 Å². The largest absolute Gasteiger partial charge is 0.501 e. The van der Waals surface area contributed by atoms with Gasteiger partial charge in [-0.25, -0.2) is 12.8 Å². The molecule has 2 aromatic rings. The molecule has 0 bridgehead atoms. The van der Waals surface area contributed by atoms with Crippen molar-refractivity contribution >= 4 is 15.5 Å². The van der Waals surface area contributed by atoms with E-state index in [4.69, 9.17) is 9.47 Å². The molecule has 0 aliphatic carbocycles. The van der Waals surface area contributed by atoms with Crippen molar-refractivity contribution in [3.8, 4) is 11.5 Å². The lowest BCUT2D eigenvalue weighted by Crippen LogP contribution is -2.24. The molecule has 0 spiro atoms. The molecule has 0 aromatic heterocycles. The number of ether oxygens (including phenoxy) is 2. The third kappa shape index (κ3) is 3.85. The first-order valence-corrected chi connectivity index (χ1v) is 8.64. The van der Waals surface area contributed by atoms with Gasteiger partial charge in [-0.1, -0.05) is 12.1 Å². The summed E-state index contributed by atoms with van der Waals surface area (Å²) in [4.78, 5) is -1.19. The van der Waals surface area contributed by atoms with E-state index in [1.807, 2.05) is 0 Å². The highest BCUT2D eigenvalue weighted by Gasteiger charge is 2.48. The lowest BCUT2D eigenvalue weighted by molar-refractivity contribution is -0.0435. The van der Waals surface area contributed by atoms with Crippen LogP contribution < -0.4 is 14.8 Å². The second-order valence-electron chi connectivity index (χ2n) is 5.10. The van der Waals surface area contributed by atoms with Crippen molar-refractivity contribution in [1.82, 2.24) is 0 Å². The van der Waals surface area contributed by atoms with Crippen LogP contribution in [0, 0.1) is 5.82 Å². The van der Waals surface area contributed by atoms with Crippen LogP contribution in [-0.4, -0.2) is 28.1 Å². The van der Waals surface area contributed by atoms with Gasteiger partial charge in [-0.05, 0) is 24.3 Å². The van der Waals surface area contributed by atoms with Crippen molar-refractivity contribution in [2.45, 2.75) is 16.9 Å². The summed E-state index contributed by atoms with van der Waals surface area (Å²) in [5, 5.41) is 2.58. The van der Waals surface area contributed by atoms with Crippen LogP contribution >= 0.6 is 0 Å². The number of methoxy groups -OCH3 is 2. The number of para-hydroxylation sites is 1. The van der Waals surface area contributed by atoms with Crippen LogP contribution in [-0.2, 0) is 16.4 Å². The number of benzene rings is 2. The van der Waals surface area contributed by atoms with E-state index >= 15 is 0 Å². The summed E-state index contributed by atoms with van der Waals surface area (Å²) >= 11 is 0. The van der Waals surface area contributed by atoms with Gasteiger partial charge in [0.25, 0.3) is 9.84 Å². The molecule has 2 rings (SSSR count). The molecular weight excluding hydrogens is 378 g/mol. The molecule has 0 atom stereocenters. The molecule has 0 heterocycles. The zero-order valence-electron chi connectivity index (χ0n) is 13.7. The van der Waals surface area contributed by atoms with E-state index in [0.29, 0.717) is 23.1 Å². The van der Waals surface area contributed by atoms with Gasteiger partial charge in [0.1, 0.15) is 10.7 Å². The summed E-state index contributed by atoms with van der Waals surface area (Å²) in [5.41, 5.74) is -5.43. The van der Waals surface area contributed by atoms with Crippen LogP contribution in [0.5, 0.6) is 11.5 Å². The third-order valence-corrected chi connectivity index (χ3v) is 5.02.